The van der Waals surface area contributed by atoms with Crippen molar-refractivity contribution < 1.29 is 9.72 Å². The first kappa shape index (κ1) is 17.2. The summed E-state index contributed by atoms with van der Waals surface area (Å²) in [6, 6.07) is 1.48. The van der Waals surface area contributed by atoms with Gasteiger partial charge in [-0.25, -0.2) is 4.98 Å². The maximum absolute atomic E-state index is 12.1. The van der Waals surface area contributed by atoms with Crippen molar-refractivity contribution in [1.82, 2.24) is 14.8 Å². The van der Waals surface area contributed by atoms with E-state index in [-0.39, 0.29) is 28.8 Å². The first-order valence-corrected chi connectivity index (χ1v) is 7.27. The number of carbonyl (C=O) groups is 1. The molecule has 0 aliphatic heterocycles. The van der Waals surface area contributed by atoms with Crippen LogP contribution in [0.5, 0.6) is 0 Å². The maximum Gasteiger partial charge on any atom is 0.312 e. The van der Waals surface area contributed by atoms with Crippen LogP contribution in [0, 0.1) is 30.9 Å². The number of nitrogens with one attached hydrogen (secondary N) is 1. The van der Waals surface area contributed by atoms with Gasteiger partial charge in [-0.15, -0.1) is 0 Å². The van der Waals surface area contributed by atoms with E-state index < -0.39 is 10.8 Å². The summed E-state index contributed by atoms with van der Waals surface area (Å²) < 4.78 is 1.26. The fourth-order valence-corrected chi connectivity index (χ4v) is 2.47. The van der Waals surface area contributed by atoms with E-state index in [9.17, 15) is 14.9 Å². The monoisotopic (exact) mass is 357 g/mol. The fraction of sp³-hybridized carbons (Fsp3) is 0.308. The third-order valence-electron chi connectivity index (χ3n) is 3.18. The van der Waals surface area contributed by atoms with E-state index in [0.29, 0.717) is 16.4 Å². The van der Waals surface area contributed by atoms with Gasteiger partial charge in [-0.2, -0.15) is 5.10 Å². The van der Waals surface area contributed by atoms with Crippen molar-refractivity contribution in [2.75, 3.05) is 5.32 Å². The molecule has 23 heavy (non-hydrogen) atoms. The standard InChI is InChI=1S/C13H13Cl2N5O3/c1-6-9(14)4-10(15)13(16-6)17-11(21)5-19-8(3)12(20(22)23)7(2)18-19/h4H,5H2,1-3H3,(H,16,17,21). The molecular weight excluding hydrogens is 345 g/mol. The van der Waals surface area contributed by atoms with Crippen LogP contribution in [0.1, 0.15) is 17.1 Å². The van der Waals surface area contributed by atoms with Gasteiger partial charge in [0.2, 0.25) is 5.91 Å². The molecule has 0 atom stereocenters. The summed E-state index contributed by atoms with van der Waals surface area (Å²) in [4.78, 5) is 26.6. The molecule has 0 fully saturated rings. The molecule has 0 aliphatic rings. The molecule has 0 saturated carbocycles. The highest BCUT2D eigenvalue weighted by atomic mass is 35.5. The van der Waals surface area contributed by atoms with Crippen LogP contribution in [0.2, 0.25) is 10.0 Å². The van der Waals surface area contributed by atoms with Gasteiger partial charge in [0.05, 0.1) is 20.7 Å². The SMILES string of the molecule is Cc1nc(NC(=O)Cn2nc(C)c([N+](=O)[O-])c2C)c(Cl)cc1Cl. The van der Waals surface area contributed by atoms with E-state index in [2.05, 4.69) is 15.4 Å². The van der Waals surface area contributed by atoms with E-state index in [4.69, 9.17) is 23.2 Å². The number of hydrogen-bond donors (Lipinski definition) is 1. The number of hydrogen-bond acceptors (Lipinski definition) is 5. The topological polar surface area (TPSA) is 103 Å². The third-order valence-corrected chi connectivity index (χ3v) is 3.85. The van der Waals surface area contributed by atoms with E-state index in [1.807, 2.05) is 0 Å². The average Bonchev–Trinajstić information content (AvgIpc) is 2.70. The molecular formula is C13H13Cl2N5O3. The van der Waals surface area contributed by atoms with Crippen LogP contribution in [-0.4, -0.2) is 25.6 Å². The molecule has 2 aromatic rings. The summed E-state index contributed by atoms with van der Waals surface area (Å²) in [6.07, 6.45) is 0. The molecule has 0 aromatic carbocycles. The molecule has 0 spiro atoms. The van der Waals surface area contributed by atoms with Crippen molar-refractivity contribution in [3.05, 3.63) is 43.3 Å². The molecule has 2 rings (SSSR count). The van der Waals surface area contributed by atoms with Gasteiger partial charge in [-0.05, 0) is 26.8 Å². The second-order valence-corrected chi connectivity index (χ2v) is 5.68. The maximum atomic E-state index is 12.1. The number of aromatic nitrogens is 3. The van der Waals surface area contributed by atoms with Crippen molar-refractivity contribution in [2.45, 2.75) is 27.3 Å². The quantitative estimate of drug-likeness (QED) is 0.668. The van der Waals surface area contributed by atoms with E-state index >= 15 is 0 Å². The second kappa shape index (κ2) is 6.51. The number of amides is 1. The third kappa shape index (κ3) is 3.59. The van der Waals surface area contributed by atoms with Crippen LogP contribution in [0.4, 0.5) is 11.5 Å². The lowest BCUT2D eigenvalue weighted by Gasteiger charge is -2.09. The summed E-state index contributed by atoms with van der Waals surface area (Å²) in [5.74, 6) is -0.281. The summed E-state index contributed by atoms with van der Waals surface area (Å²) in [5.41, 5.74) is 0.970. The zero-order chi connectivity index (χ0) is 17.3. The van der Waals surface area contributed by atoms with Gasteiger partial charge in [0.15, 0.2) is 5.82 Å². The normalized spacial score (nSPS) is 10.7. The highest BCUT2D eigenvalue weighted by Gasteiger charge is 2.23. The molecule has 0 unspecified atom stereocenters. The van der Waals surface area contributed by atoms with Gasteiger partial charge < -0.3 is 5.32 Å². The summed E-state index contributed by atoms with van der Waals surface area (Å²) in [6.45, 7) is 4.53. The first-order chi connectivity index (χ1) is 10.7. The van der Waals surface area contributed by atoms with Gasteiger partial charge in [-0.1, -0.05) is 23.2 Å². The Labute approximate surface area is 141 Å². The summed E-state index contributed by atoms with van der Waals surface area (Å²) >= 11 is 11.9. The Balaban J connectivity index is 2.19. The number of halogens is 2. The van der Waals surface area contributed by atoms with Crippen LogP contribution in [-0.2, 0) is 11.3 Å². The number of nitrogens with zero attached hydrogens (tertiary/aromatic N) is 4. The Morgan fingerprint density at radius 2 is 1.96 bits per heavy atom. The predicted molar refractivity (Wildman–Crippen MR) is 86.0 cm³/mol. The molecule has 2 heterocycles. The number of anilines is 1. The fourth-order valence-electron chi connectivity index (χ4n) is 2.06. The van der Waals surface area contributed by atoms with E-state index in [0.717, 1.165) is 0 Å². The molecule has 8 nitrogen and oxygen atoms in total. The van der Waals surface area contributed by atoms with Crippen molar-refractivity contribution in [2.24, 2.45) is 0 Å². The average molecular weight is 358 g/mol. The Morgan fingerprint density at radius 1 is 1.30 bits per heavy atom. The molecule has 0 aliphatic carbocycles. The van der Waals surface area contributed by atoms with Gasteiger partial charge in [0.1, 0.15) is 17.9 Å². The zero-order valence-electron chi connectivity index (χ0n) is 12.6. The molecule has 0 bridgehead atoms. The molecule has 0 saturated heterocycles. The van der Waals surface area contributed by atoms with Crippen molar-refractivity contribution in [3.8, 4) is 0 Å². The minimum Gasteiger partial charge on any atom is -0.308 e. The van der Waals surface area contributed by atoms with Crippen molar-refractivity contribution in [1.29, 1.82) is 0 Å². The Kier molecular flexibility index (Phi) is 4.86. The predicted octanol–water partition coefficient (Wildman–Crippen LogP) is 3.06. The number of rotatable bonds is 4. The van der Waals surface area contributed by atoms with Crippen LogP contribution >= 0.6 is 23.2 Å². The van der Waals surface area contributed by atoms with Crippen LogP contribution < -0.4 is 5.32 Å². The van der Waals surface area contributed by atoms with Gasteiger partial charge >= 0.3 is 5.69 Å². The van der Waals surface area contributed by atoms with Gasteiger partial charge in [-0.3, -0.25) is 19.6 Å². The molecule has 1 N–H and O–H groups in total. The number of carbonyl (C=O) groups excluding carboxylic acids is 1. The summed E-state index contributed by atoms with van der Waals surface area (Å²) in [7, 11) is 0. The first-order valence-electron chi connectivity index (χ1n) is 6.51. The zero-order valence-corrected chi connectivity index (χ0v) is 14.1. The molecule has 122 valence electrons. The number of pyridine rings is 1. The number of nitro groups is 1. The molecule has 0 radical (unpaired) electrons. The Bertz CT molecular complexity index is 803. The van der Waals surface area contributed by atoms with Crippen LogP contribution in [0.15, 0.2) is 6.07 Å². The van der Waals surface area contributed by atoms with E-state index in [1.165, 1.54) is 24.6 Å². The second-order valence-electron chi connectivity index (χ2n) is 4.87. The highest BCUT2D eigenvalue weighted by Crippen LogP contribution is 2.26. The minimum atomic E-state index is -0.521. The smallest absolute Gasteiger partial charge is 0.308 e. The minimum absolute atomic E-state index is 0.101. The lowest BCUT2D eigenvalue weighted by molar-refractivity contribution is -0.386. The lowest BCUT2D eigenvalue weighted by atomic mass is 10.3. The molecule has 10 heteroatoms. The lowest BCUT2D eigenvalue weighted by Crippen LogP contribution is -2.21. The Morgan fingerprint density at radius 3 is 2.52 bits per heavy atom. The van der Waals surface area contributed by atoms with Crippen LogP contribution in [0.25, 0.3) is 0 Å². The van der Waals surface area contributed by atoms with Crippen LogP contribution in [0.3, 0.4) is 0 Å². The van der Waals surface area contributed by atoms with Gasteiger partial charge in [0.25, 0.3) is 0 Å². The number of aryl methyl sites for hydroxylation is 2. The summed E-state index contributed by atoms with van der Waals surface area (Å²) in [5, 5.41) is 18.1. The largest absolute Gasteiger partial charge is 0.312 e. The Hall–Kier alpha value is -2.19. The van der Waals surface area contributed by atoms with Crippen molar-refractivity contribution in [3.63, 3.8) is 0 Å². The van der Waals surface area contributed by atoms with Gasteiger partial charge in [0, 0.05) is 0 Å². The van der Waals surface area contributed by atoms with E-state index in [1.54, 1.807) is 6.92 Å². The molecule has 1 amide bonds. The highest BCUT2D eigenvalue weighted by molar-refractivity contribution is 6.36. The molecule has 2 aromatic heterocycles. The van der Waals surface area contributed by atoms with Crippen molar-refractivity contribution >= 4 is 40.6 Å².